The Hall–Kier alpha value is -1.60. The van der Waals surface area contributed by atoms with Crippen LogP contribution in [0.2, 0.25) is 0 Å². The lowest BCUT2D eigenvalue weighted by molar-refractivity contribution is 0.00792. The van der Waals surface area contributed by atoms with Crippen molar-refractivity contribution in [3.05, 3.63) is 12.3 Å². The SMILES string of the molecule is Cn1ccc(NC(=O)NCC2(CN3CCOCC3)CCCCC2)n1. The second-order valence-corrected chi connectivity index (χ2v) is 7.13. The molecule has 1 aromatic heterocycles. The van der Waals surface area contributed by atoms with E-state index in [1.54, 1.807) is 10.7 Å². The van der Waals surface area contributed by atoms with E-state index in [0.29, 0.717) is 5.82 Å². The second kappa shape index (κ2) is 7.98. The minimum atomic E-state index is -0.166. The van der Waals surface area contributed by atoms with Crippen molar-refractivity contribution in [2.45, 2.75) is 32.1 Å². The van der Waals surface area contributed by atoms with Crippen LogP contribution in [-0.4, -0.2) is 60.1 Å². The average molecular weight is 335 g/mol. The number of carbonyl (C=O) groups excluding carboxylic acids is 1. The minimum Gasteiger partial charge on any atom is -0.379 e. The highest BCUT2D eigenvalue weighted by Gasteiger charge is 2.34. The summed E-state index contributed by atoms with van der Waals surface area (Å²) in [5.41, 5.74) is 0.192. The number of anilines is 1. The van der Waals surface area contributed by atoms with Crippen molar-refractivity contribution in [3.8, 4) is 0 Å². The van der Waals surface area contributed by atoms with Crippen LogP contribution in [0.15, 0.2) is 12.3 Å². The van der Waals surface area contributed by atoms with Gasteiger partial charge in [-0.1, -0.05) is 19.3 Å². The molecule has 7 nitrogen and oxygen atoms in total. The fourth-order valence-corrected chi connectivity index (χ4v) is 3.84. The summed E-state index contributed by atoms with van der Waals surface area (Å²) in [5.74, 6) is 0.584. The molecule has 2 N–H and O–H groups in total. The van der Waals surface area contributed by atoms with Gasteiger partial charge in [0.05, 0.1) is 13.2 Å². The van der Waals surface area contributed by atoms with Crippen LogP contribution in [0.25, 0.3) is 0 Å². The van der Waals surface area contributed by atoms with Gasteiger partial charge >= 0.3 is 6.03 Å². The number of rotatable bonds is 5. The lowest BCUT2D eigenvalue weighted by Crippen LogP contribution is -2.50. The van der Waals surface area contributed by atoms with E-state index in [4.69, 9.17) is 4.74 Å². The Bertz CT molecular complexity index is 533. The Morgan fingerprint density at radius 3 is 2.71 bits per heavy atom. The topological polar surface area (TPSA) is 71.4 Å². The summed E-state index contributed by atoms with van der Waals surface area (Å²) in [5, 5.41) is 10.1. The maximum atomic E-state index is 12.2. The van der Waals surface area contributed by atoms with Crippen molar-refractivity contribution in [1.29, 1.82) is 0 Å². The third-order valence-corrected chi connectivity index (χ3v) is 5.16. The highest BCUT2D eigenvalue weighted by molar-refractivity contribution is 5.88. The highest BCUT2D eigenvalue weighted by atomic mass is 16.5. The maximum Gasteiger partial charge on any atom is 0.320 e. The zero-order valence-electron chi connectivity index (χ0n) is 14.6. The maximum absolute atomic E-state index is 12.2. The molecule has 2 aliphatic rings. The lowest BCUT2D eigenvalue weighted by Gasteiger charge is -2.42. The third kappa shape index (κ3) is 4.70. The molecule has 24 heavy (non-hydrogen) atoms. The van der Waals surface area contributed by atoms with E-state index in [1.807, 2.05) is 13.2 Å². The van der Waals surface area contributed by atoms with Gasteiger partial charge in [0.2, 0.25) is 0 Å². The van der Waals surface area contributed by atoms with Crippen molar-refractivity contribution in [1.82, 2.24) is 20.0 Å². The molecule has 1 aliphatic heterocycles. The molecule has 2 fully saturated rings. The molecule has 1 saturated heterocycles. The summed E-state index contributed by atoms with van der Waals surface area (Å²) in [6.45, 7) is 5.43. The number of ether oxygens (including phenoxy) is 1. The molecular weight excluding hydrogens is 306 g/mol. The van der Waals surface area contributed by atoms with Gasteiger partial charge in [0.15, 0.2) is 5.82 Å². The summed E-state index contributed by atoms with van der Waals surface area (Å²) < 4.78 is 7.14. The van der Waals surface area contributed by atoms with E-state index < -0.39 is 0 Å². The molecule has 134 valence electrons. The van der Waals surface area contributed by atoms with Crippen LogP contribution in [0.3, 0.4) is 0 Å². The van der Waals surface area contributed by atoms with Crippen molar-refractivity contribution in [3.63, 3.8) is 0 Å². The number of nitrogens with zero attached hydrogens (tertiary/aromatic N) is 3. The Kier molecular flexibility index (Phi) is 5.73. The zero-order chi connectivity index (χ0) is 16.8. The number of aryl methyl sites for hydroxylation is 1. The number of carbonyl (C=O) groups is 1. The second-order valence-electron chi connectivity index (χ2n) is 7.13. The molecule has 2 heterocycles. The molecule has 1 aliphatic carbocycles. The van der Waals surface area contributed by atoms with Crippen molar-refractivity contribution < 1.29 is 9.53 Å². The summed E-state index contributed by atoms with van der Waals surface area (Å²) in [4.78, 5) is 14.7. The van der Waals surface area contributed by atoms with Gasteiger partial charge in [-0.2, -0.15) is 5.10 Å². The van der Waals surface area contributed by atoms with Crippen molar-refractivity contribution >= 4 is 11.8 Å². The Labute approximate surface area is 143 Å². The number of hydrogen-bond acceptors (Lipinski definition) is 4. The smallest absolute Gasteiger partial charge is 0.320 e. The van der Waals surface area contributed by atoms with Crippen LogP contribution in [0.4, 0.5) is 10.6 Å². The van der Waals surface area contributed by atoms with Gasteiger partial charge < -0.3 is 10.1 Å². The summed E-state index contributed by atoms with van der Waals surface area (Å²) >= 11 is 0. The Balaban J connectivity index is 1.54. The van der Waals surface area contributed by atoms with Gasteiger partial charge in [-0.25, -0.2) is 4.79 Å². The molecule has 1 aromatic rings. The largest absolute Gasteiger partial charge is 0.379 e. The number of nitrogens with one attached hydrogen (secondary N) is 2. The summed E-state index contributed by atoms with van der Waals surface area (Å²) in [6.07, 6.45) is 8.02. The monoisotopic (exact) mass is 335 g/mol. The number of urea groups is 1. The molecule has 7 heteroatoms. The molecule has 0 radical (unpaired) electrons. The van der Waals surface area contributed by atoms with Gasteiger partial charge in [-0.05, 0) is 12.8 Å². The number of morpholine rings is 1. The predicted molar refractivity (Wildman–Crippen MR) is 93.0 cm³/mol. The predicted octanol–water partition coefficient (Wildman–Crippen LogP) is 1.82. The van der Waals surface area contributed by atoms with Gasteiger partial charge in [0, 0.05) is 50.9 Å². The quantitative estimate of drug-likeness (QED) is 0.861. The van der Waals surface area contributed by atoms with E-state index in [1.165, 1.54) is 32.1 Å². The average Bonchev–Trinajstić information content (AvgIpc) is 3.00. The Morgan fingerprint density at radius 2 is 2.04 bits per heavy atom. The third-order valence-electron chi connectivity index (χ3n) is 5.16. The highest BCUT2D eigenvalue weighted by Crippen LogP contribution is 2.36. The molecule has 1 saturated carbocycles. The Morgan fingerprint density at radius 1 is 1.29 bits per heavy atom. The molecule has 2 amide bonds. The van der Waals surface area contributed by atoms with Crippen LogP contribution in [-0.2, 0) is 11.8 Å². The van der Waals surface area contributed by atoms with E-state index in [9.17, 15) is 4.79 Å². The van der Waals surface area contributed by atoms with Gasteiger partial charge in [-0.15, -0.1) is 0 Å². The zero-order valence-corrected chi connectivity index (χ0v) is 14.6. The normalized spacial score (nSPS) is 21.4. The first-order chi connectivity index (χ1) is 11.7. The van der Waals surface area contributed by atoms with Crippen molar-refractivity contribution in [2.75, 3.05) is 44.7 Å². The van der Waals surface area contributed by atoms with Crippen LogP contribution in [0.5, 0.6) is 0 Å². The molecule has 0 bridgehead atoms. The minimum absolute atomic E-state index is 0.166. The van der Waals surface area contributed by atoms with E-state index in [-0.39, 0.29) is 11.4 Å². The molecule has 0 aromatic carbocycles. The first kappa shape index (κ1) is 17.2. The summed E-state index contributed by atoms with van der Waals surface area (Å²) in [7, 11) is 1.84. The van der Waals surface area contributed by atoms with Crippen molar-refractivity contribution in [2.24, 2.45) is 12.5 Å². The van der Waals surface area contributed by atoms with Crippen LogP contribution in [0, 0.1) is 5.41 Å². The van der Waals surface area contributed by atoms with Gasteiger partial charge in [-0.3, -0.25) is 14.9 Å². The van der Waals surface area contributed by atoms with Gasteiger partial charge in [0.1, 0.15) is 0 Å². The van der Waals surface area contributed by atoms with Crippen LogP contribution >= 0.6 is 0 Å². The molecule has 0 spiro atoms. The molecule has 0 atom stereocenters. The molecular formula is C17H29N5O2. The van der Waals surface area contributed by atoms with E-state index in [2.05, 4.69) is 20.6 Å². The number of aromatic nitrogens is 2. The number of amides is 2. The van der Waals surface area contributed by atoms with Crippen LogP contribution in [0.1, 0.15) is 32.1 Å². The standard InChI is InChI=1S/C17H29N5O2/c1-21-8-5-15(20-21)19-16(23)18-13-17(6-3-2-4-7-17)14-22-9-11-24-12-10-22/h5,8H,2-4,6-7,9-14H2,1H3,(H2,18,19,20,23). The first-order valence-electron chi connectivity index (χ1n) is 9.00. The first-order valence-corrected chi connectivity index (χ1v) is 9.00. The van der Waals surface area contributed by atoms with Gasteiger partial charge in [0.25, 0.3) is 0 Å². The fraction of sp³-hybridized carbons (Fsp3) is 0.765. The van der Waals surface area contributed by atoms with E-state index in [0.717, 1.165) is 39.4 Å². The number of hydrogen-bond donors (Lipinski definition) is 2. The van der Waals surface area contributed by atoms with Crippen LogP contribution < -0.4 is 10.6 Å². The fourth-order valence-electron chi connectivity index (χ4n) is 3.84. The molecule has 0 unspecified atom stereocenters. The summed E-state index contributed by atoms with van der Waals surface area (Å²) in [6, 6.07) is 1.63. The molecule has 3 rings (SSSR count). The van der Waals surface area contributed by atoms with E-state index >= 15 is 0 Å². The lowest BCUT2D eigenvalue weighted by atomic mass is 9.73.